The molecule has 0 aromatic heterocycles. The third-order valence-corrected chi connectivity index (χ3v) is 4.79. The van der Waals surface area contributed by atoms with Crippen molar-refractivity contribution in [3.05, 3.63) is 28.8 Å². The van der Waals surface area contributed by atoms with E-state index in [-0.39, 0.29) is 28.5 Å². The maximum Gasteiger partial charge on any atom is 0.418 e. The fourth-order valence-corrected chi connectivity index (χ4v) is 2.99. The molecule has 1 heterocycles. The maximum atomic E-state index is 13.1. The second-order valence-corrected chi connectivity index (χ2v) is 7.02. The minimum absolute atomic E-state index is 0. The number of amides is 1. The average Bonchev–Trinajstić information content (AvgIpc) is 2.90. The Hall–Kier alpha value is -1.02. The Bertz CT molecular complexity index is 627. The van der Waals surface area contributed by atoms with Crippen LogP contribution in [0.3, 0.4) is 0 Å². The number of benzene rings is 1. The van der Waals surface area contributed by atoms with Gasteiger partial charge in [0.15, 0.2) is 0 Å². The Labute approximate surface area is 156 Å². The molecule has 0 spiro atoms. The molecule has 1 amide bonds. The summed E-state index contributed by atoms with van der Waals surface area (Å²) in [4.78, 5) is 14.3. The molecule has 1 aromatic carbocycles. The van der Waals surface area contributed by atoms with Crippen LogP contribution in [0.25, 0.3) is 0 Å². The minimum atomic E-state index is -4.59. The topological polar surface area (TPSA) is 58.4 Å². The highest BCUT2D eigenvalue weighted by molar-refractivity contribution is 6.30. The van der Waals surface area contributed by atoms with Crippen LogP contribution < -0.4 is 11.1 Å². The van der Waals surface area contributed by atoms with Crippen molar-refractivity contribution < 1.29 is 18.0 Å². The van der Waals surface area contributed by atoms with E-state index in [1.54, 1.807) is 6.92 Å². The van der Waals surface area contributed by atoms with Crippen molar-refractivity contribution in [1.29, 1.82) is 0 Å². The number of likely N-dealkylation sites (tertiary alicyclic amines) is 1. The number of anilines is 1. The van der Waals surface area contributed by atoms with Crippen LogP contribution in [-0.2, 0) is 11.0 Å². The first kappa shape index (κ1) is 22.0. The minimum Gasteiger partial charge on any atom is -0.330 e. The van der Waals surface area contributed by atoms with Crippen molar-refractivity contribution in [3.63, 3.8) is 0 Å². The molecule has 0 bridgehead atoms. The highest BCUT2D eigenvalue weighted by atomic mass is 35.5. The van der Waals surface area contributed by atoms with Crippen LogP contribution >= 0.6 is 24.0 Å². The number of rotatable bonds is 4. The van der Waals surface area contributed by atoms with Crippen LogP contribution in [0.2, 0.25) is 5.02 Å². The number of nitrogens with zero attached hydrogens (tertiary/aromatic N) is 1. The molecule has 3 N–H and O–H groups in total. The van der Waals surface area contributed by atoms with Gasteiger partial charge >= 0.3 is 6.18 Å². The van der Waals surface area contributed by atoms with Gasteiger partial charge in [-0.3, -0.25) is 9.69 Å². The van der Waals surface area contributed by atoms with Crippen molar-refractivity contribution >= 4 is 35.6 Å². The molecule has 1 aliphatic heterocycles. The van der Waals surface area contributed by atoms with E-state index >= 15 is 0 Å². The lowest BCUT2D eigenvalue weighted by molar-refractivity contribution is -0.137. The van der Waals surface area contributed by atoms with Gasteiger partial charge in [-0.15, -0.1) is 12.4 Å². The van der Waals surface area contributed by atoms with Gasteiger partial charge < -0.3 is 11.1 Å². The van der Waals surface area contributed by atoms with Gasteiger partial charge in [-0.05, 0) is 50.0 Å². The van der Waals surface area contributed by atoms with E-state index < -0.39 is 23.7 Å². The lowest BCUT2D eigenvalue weighted by Crippen LogP contribution is -2.42. The molecule has 0 radical (unpaired) electrons. The molecule has 1 aliphatic rings. The van der Waals surface area contributed by atoms with E-state index in [0.717, 1.165) is 12.5 Å². The van der Waals surface area contributed by atoms with Crippen molar-refractivity contribution in [2.45, 2.75) is 32.5 Å². The number of carbonyl (C=O) groups is 1. The number of nitrogens with one attached hydrogen (secondary N) is 1. The summed E-state index contributed by atoms with van der Waals surface area (Å²) in [5.41, 5.74) is 4.44. The Morgan fingerprint density at radius 1 is 1.48 bits per heavy atom. The highest BCUT2D eigenvalue weighted by Crippen LogP contribution is 2.37. The number of alkyl halides is 3. The monoisotopic (exact) mass is 399 g/mol. The molecular weight excluding hydrogens is 378 g/mol. The predicted octanol–water partition coefficient (Wildman–Crippen LogP) is 3.78. The SMILES string of the molecule is CC(C(=O)Nc1ccc(Cl)cc1C(F)(F)F)N1CCC(C)(CN)C1.Cl. The van der Waals surface area contributed by atoms with Gasteiger partial charge in [0.2, 0.25) is 5.91 Å². The van der Waals surface area contributed by atoms with Crippen LogP contribution in [0.1, 0.15) is 25.8 Å². The van der Waals surface area contributed by atoms with Gasteiger partial charge in [0.1, 0.15) is 0 Å². The van der Waals surface area contributed by atoms with Crippen LogP contribution in [-0.4, -0.2) is 36.5 Å². The van der Waals surface area contributed by atoms with Crippen LogP contribution in [0, 0.1) is 5.41 Å². The van der Waals surface area contributed by atoms with E-state index in [1.165, 1.54) is 12.1 Å². The zero-order chi connectivity index (χ0) is 18.1. The standard InChI is InChI=1S/C16H21ClF3N3O.ClH/c1-10(23-6-5-15(2,8-21)9-23)14(24)22-13-4-3-11(17)7-12(13)16(18,19)20;/h3-4,7,10H,5-6,8-9,21H2,1-2H3,(H,22,24);1H. The quantitative estimate of drug-likeness (QED) is 0.809. The van der Waals surface area contributed by atoms with Gasteiger partial charge in [-0.2, -0.15) is 13.2 Å². The van der Waals surface area contributed by atoms with Crippen LogP contribution in [0.4, 0.5) is 18.9 Å². The number of nitrogens with two attached hydrogens (primary N) is 1. The van der Waals surface area contributed by atoms with E-state index in [9.17, 15) is 18.0 Å². The third-order valence-electron chi connectivity index (χ3n) is 4.55. The van der Waals surface area contributed by atoms with E-state index in [0.29, 0.717) is 19.6 Å². The molecule has 25 heavy (non-hydrogen) atoms. The first-order valence-electron chi connectivity index (χ1n) is 7.67. The average molecular weight is 400 g/mol. The number of hydrogen-bond donors (Lipinski definition) is 2. The molecule has 1 fully saturated rings. The molecule has 4 nitrogen and oxygen atoms in total. The fourth-order valence-electron chi connectivity index (χ4n) is 2.82. The summed E-state index contributed by atoms with van der Waals surface area (Å²) in [6.07, 6.45) is -3.74. The van der Waals surface area contributed by atoms with Crippen molar-refractivity contribution in [2.24, 2.45) is 11.1 Å². The van der Waals surface area contributed by atoms with Crippen molar-refractivity contribution in [3.8, 4) is 0 Å². The van der Waals surface area contributed by atoms with Gasteiger partial charge in [-0.1, -0.05) is 18.5 Å². The summed E-state index contributed by atoms with van der Waals surface area (Å²) in [6, 6.07) is 2.75. The zero-order valence-electron chi connectivity index (χ0n) is 14.0. The van der Waals surface area contributed by atoms with Crippen LogP contribution in [0.5, 0.6) is 0 Å². The number of carbonyl (C=O) groups excluding carboxylic acids is 1. The Kier molecular flexibility index (Phi) is 7.15. The molecule has 0 saturated carbocycles. The number of halogens is 5. The van der Waals surface area contributed by atoms with Gasteiger partial charge in [-0.25, -0.2) is 0 Å². The second-order valence-electron chi connectivity index (χ2n) is 6.59. The molecule has 2 unspecified atom stereocenters. The zero-order valence-corrected chi connectivity index (χ0v) is 15.6. The molecule has 9 heteroatoms. The highest BCUT2D eigenvalue weighted by Gasteiger charge is 2.38. The fraction of sp³-hybridized carbons (Fsp3) is 0.562. The largest absolute Gasteiger partial charge is 0.418 e. The summed E-state index contributed by atoms with van der Waals surface area (Å²) < 4.78 is 39.3. The lowest BCUT2D eigenvalue weighted by Gasteiger charge is -2.27. The molecule has 2 rings (SSSR count). The first-order valence-corrected chi connectivity index (χ1v) is 8.05. The van der Waals surface area contributed by atoms with Gasteiger partial charge in [0, 0.05) is 11.6 Å². The number of hydrogen-bond acceptors (Lipinski definition) is 3. The molecule has 142 valence electrons. The Balaban J connectivity index is 0.00000312. The van der Waals surface area contributed by atoms with Crippen molar-refractivity contribution in [1.82, 2.24) is 4.90 Å². The summed E-state index contributed by atoms with van der Waals surface area (Å²) in [7, 11) is 0. The predicted molar refractivity (Wildman–Crippen MR) is 95.1 cm³/mol. The maximum absolute atomic E-state index is 13.1. The Morgan fingerprint density at radius 3 is 2.64 bits per heavy atom. The van der Waals surface area contributed by atoms with Gasteiger partial charge in [0.25, 0.3) is 0 Å². The Morgan fingerprint density at radius 2 is 2.12 bits per heavy atom. The third kappa shape index (κ3) is 5.23. The molecule has 1 saturated heterocycles. The second kappa shape index (κ2) is 8.12. The normalized spacial score (nSPS) is 22.4. The summed E-state index contributed by atoms with van der Waals surface area (Å²) in [5, 5.41) is 2.34. The molecule has 1 aromatic rings. The summed E-state index contributed by atoms with van der Waals surface area (Å²) >= 11 is 5.64. The van der Waals surface area contributed by atoms with Crippen molar-refractivity contribution in [2.75, 3.05) is 25.0 Å². The molecule has 2 atom stereocenters. The summed E-state index contributed by atoms with van der Waals surface area (Å²) in [6.45, 7) is 5.56. The van der Waals surface area contributed by atoms with Crippen LogP contribution in [0.15, 0.2) is 18.2 Å². The van der Waals surface area contributed by atoms with E-state index in [2.05, 4.69) is 5.32 Å². The lowest BCUT2D eigenvalue weighted by atomic mass is 9.90. The van der Waals surface area contributed by atoms with Gasteiger partial charge in [0.05, 0.1) is 17.3 Å². The first-order chi connectivity index (χ1) is 11.1. The molecular formula is C16H22Cl2F3N3O. The molecule has 0 aliphatic carbocycles. The summed E-state index contributed by atoms with van der Waals surface area (Å²) in [5.74, 6) is -0.482. The smallest absolute Gasteiger partial charge is 0.330 e. The van der Waals surface area contributed by atoms with E-state index in [1.807, 2.05) is 11.8 Å². The van der Waals surface area contributed by atoms with E-state index in [4.69, 9.17) is 17.3 Å².